The molecule has 2 aromatic heterocycles. The molecule has 6 nitrogen and oxygen atoms in total. The number of hydrogen-bond donors (Lipinski definition) is 2. The molecule has 1 aromatic carbocycles. The first kappa shape index (κ1) is 17.5. The molecular formula is C22H27N5O. The third-order valence-electron chi connectivity index (χ3n) is 6.17. The summed E-state index contributed by atoms with van der Waals surface area (Å²) < 4.78 is 0. The number of nitrogens with zero attached hydrogens (tertiary/aromatic N) is 3. The smallest absolute Gasteiger partial charge is 0.255 e. The first-order chi connectivity index (χ1) is 13.7. The molecule has 3 aromatic rings. The molecular weight excluding hydrogens is 350 g/mol. The second-order valence-electron chi connectivity index (χ2n) is 8.33. The van der Waals surface area contributed by atoms with Crippen molar-refractivity contribution in [3.8, 4) is 0 Å². The fraction of sp³-hybridized carbons (Fsp3) is 0.455. The second-order valence-corrected chi connectivity index (χ2v) is 8.33. The predicted molar refractivity (Wildman–Crippen MR) is 112 cm³/mol. The van der Waals surface area contributed by atoms with Crippen LogP contribution >= 0.6 is 0 Å². The topological polar surface area (TPSA) is 68.0 Å². The van der Waals surface area contributed by atoms with Crippen molar-refractivity contribution in [2.45, 2.75) is 39.3 Å². The van der Waals surface area contributed by atoms with Crippen molar-refractivity contribution in [2.75, 3.05) is 24.5 Å². The van der Waals surface area contributed by atoms with Crippen molar-refractivity contribution in [1.29, 1.82) is 0 Å². The van der Waals surface area contributed by atoms with Crippen LogP contribution in [0.25, 0.3) is 10.9 Å². The summed E-state index contributed by atoms with van der Waals surface area (Å²) in [6, 6.07) is 8.41. The van der Waals surface area contributed by atoms with E-state index in [4.69, 9.17) is 4.98 Å². The van der Waals surface area contributed by atoms with Gasteiger partial charge in [0, 0.05) is 55.4 Å². The lowest BCUT2D eigenvalue weighted by Gasteiger charge is -2.33. The average Bonchev–Trinajstić information content (AvgIpc) is 3.11. The summed E-state index contributed by atoms with van der Waals surface area (Å²) in [6.45, 7) is 6.71. The van der Waals surface area contributed by atoms with Gasteiger partial charge in [0.1, 0.15) is 0 Å². The average molecular weight is 377 g/mol. The molecule has 2 aliphatic rings. The van der Waals surface area contributed by atoms with Crippen LogP contribution in [0.2, 0.25) is 0 Å². The molecule has 0 radical (unpaired) electrons. The van der Waals surface area contributed by atoms with E-state index in [0.29, 0.717) is 5.92 Å². The number of para-hydroxylation sites is 1. The van der Waals surface area contributed by atoms with Gasteiger partial charge in [-0.2, -0.15) is 0 Å². The molecule has 4 heterocycles. The van der Waals surface area contributed by atoms with Crippen molar-refractivity contribution in [2.24, 2.45) is 5.92 Å². The largest absolute Gasteiger partial charge is 0.361 e. The van der Waals surface area contributed by atoms with Crippen LogP contribution in [0.1, 0.15) is 36.6 Å². The number of nitrogens with one attached hydrogen (secondary N) is 2. The highest BCUT2D eigenvalue weighted by atomic mass is 16.1. The van der Waals surface area contributed by atoms with Gasteiger partial charge >= 0.3 is 0 Å². The summed E-state index contributed by atoms with van der Waals surface area (Å²) in [5.74, 6) is 1.40. The minimum atomic E-state index is 0.0463. The highest BCUT2D eigenvalue weighted by Crippen LogP contribution is 2.24. The number of benzene rings is 1. The van der Waals surface area contributed by atoms with Crippen molar-refractivity contribution in [3.05, 3.63) is 57.6 Å². The summed E-state index contributed by atoms with van der Waals surface area (Å²) in [7, 11) is 0. The Bertz CT molecular complexity index is 1050. The highest BCUT2D eigenvalue weighted by molar-refractivity contribution is 5.82. The summed E-state index contributed by atoms with van der Waals surface area (Å²) in [6.07, 6.45) is 5.28. The van der Waals surface area contributed by atoms with Crippen LogP contribution in [-0.4, -0.2) is 39.5 Å². The maximum atomic E-state index is 12.7. The van der Waals surface area contributed by atoms with Gasteiger partial charge in [-0.05, 0) is 36.8 Å². The monoisotopic (exact) mass is 377 g/mol. The number of rotatable bonds is 3. The Hall–Kier alpha value is -2.60. The zero-order valence-electron chi connectivity index (χ0n) is 16.4. The van der Waals surface area contributed by atoms with Crippen molar-refractivity contribution < 1.29 is 0 Å². The summed E-state index contributed by atoms with van der Waals surface area (Å²) in [5.41, 5.74) is 4.33. The van der Waals surface area contributed by atoms with Gasteiger partial charge < -0.3 is 9.88 Å². The Kier molecular flexibility index (Phi) is 4.43. The van der Waals surface area contributed by atoms with Gasteiger partial charge in [-0.3, -0.25) is 14.7 Å². The number of piperidine rings is 1. The maximum absolute atomic E-state index is 12.7. The minimum absolute atomic E-state index is 0.0463. The molecule has 1 fully saturated rings. The fourth-order valence-corrected chi connectivity index (χ4v) is 4.65. The zero-order valence-corrected chi connectivity index (χ0v) is 16.4. The van der Waals surface area contributed by atoms with E-state index in [-0.39, 0.29) is 5.56 Å². The molecule has 0 saturated carbocycles. The molecule has 28 heavy (non-hydrogen) atoms. The third-order valence-corrected chi connectivity index (χ3v) is 6.17. The molecule has 6 heteroatoms. The van der Waals surface area contributed by atoms with Crippen LogP contribution in [0.5, 0.6) is 0 Å². The summed E-state index contributed by atoms with van der Waals surface area (Å²) in [4.78, 5) is 28.6. The Morgan fingerprint density at radius 1 is 1.25 bits per heavy atom. The SMILES string of the molecule is C[C@H]1CCCN(c2nc3c(c(=O)[nH]2)CCN(Cc2c[nH]c4ccccc24)C3)C1. The minimum Gasteiger partial charge on any atom is -0.361 e. The highest BCUT2D eigenvalue weighted by Gasteiger charge is 2.24. The Morgan fingerprint density at radius 3 is 3.04 bits per heavy atom. The van der Waals surface area contributed by atoms with Crippen LogP contribution in [-0.2, 0) is 19.5 Å². The van der Waals surface area contributed by atoms with Gasteiger partial charge in [0.15, 0.2) is 0 Å². The molecule has 0 bridgehead atoms. The standard InChI is InChI=1S/C22H27N5O/c1-15-5-4-9-27(12-15)22-24-20-14-26(10-8-18(20)21(28)25-22)13-16-11-23-19-7-3-2-6-17(16)19/h2-3,6-7,11,15,23H,4-5,8-10,12-14H2,1H3,(H,24,25,28)/t15-/m0/s1. The third kappa shape index (κ3) is 3.22. The first-order valence-electron chi connectivity index (χ1n) is 10.3. The van der Waals surface area contributed by atoms with Crippen LogP contribution in [0, 0.1) is 5.92 Å². The van der Waals surface area contributed by atoms with Crippen LogP contribution in [0.15, 0.2) is 35.3 Å². The molecule has 1 atom stereocenters. The fourth-order valence-electron chi connectivity index (χ4n) is 4.65. The van der Waals surface area contributed by atoms with Gasteiger partial charge in [0.25, 0.3) is 5.56 Å². The van der Waals surface area contributed by atoms with Crippen LogP contribution in [0.4, 0.5) is 5.95 Å². The molecule has 2 N–H and O–H groups in total. The second kappa shape index (κ2) is 7.09. The number of aromatic nitrogens is 3. The van der Waals surface area contributed by atoms with Gasteiger partial charge in [0.2, 0.25) is 5.95 Å². The molecule has 146 valence electrons. The van der Waals surface area contributed by atoms with Crippen molar-refractivity contribution >= 4 is 16.9 Å². The number of fused-ring (bicyclic) bond motifs is 2. The zero-order chi connectivity index (χ0) is 19.1. The van der Waals surface area contributed by atoms with Gasteiger partial charge in [-0.1, -0.05) is 25.1 Å². The van der Waals surface area contributed by atoms with Crippen LogP contribution in [0.3, 0.4) is 0 Å². The molecule has 0 aliphatic carbocycles. The Labute approximate surface area is 164 Å². The van der Waals surface area contributed by atoms with E-state index in [1.165, 1.54) is 22.9 Å². The normalized spacial score (nSPS) is 20.5. The van der Waals surface area contributed by atoms with Crippen molar-refractivity contribution in [3.63, 3.8) is 0 Å². The lowest BCUT2D eigenvalue weighted by Crippen LogP contribution is -2.39. The molecule has 2 aliphatic heterocycles. The van der Waals surface area contributed by atoms with E-state index < -0.39 is 0 Å². The number of H-pyrrole nitrogens is 2. The molecule has 0 spiro atoms. The lowest BCUT2D eigenvalue weighted by molar-refractivity contribution is 0.241. The van der Waals surface area contributed by atoms with Crippen LogP contribution < -0.4 is 10.5 Å². The number of hydrogen-bond acceptors (Lipinski definition) is 4. The van der Waals surface area contributed by atoms with E-state index >= 15 is 0 Å². The first-order valence-corrected chi connectivity index (χ1v) is 10.3. The summed E-state index contributed by atoms with van der Waals surface area (Å²) in [5, 5.41) is 1.27. The van der Waals surface area contributed by atoms with E-state index in [0.717, 1.165) is 62.8 Å². The maximum Gasteiger partial charge on any atom is 0.255 e. The van der Waals surface area contributed by atoms with E-state index in [1.807, 2.05) is 0 Å². The van der Waals surface area contributed by atoms with E-state index in [2.05, 4.69) is 57.2 Å². The Morgan fingerprint density at radius 2 is 2.14 bits per heavy atom. The van der Waals surface area contributed by atoms with Crippen molar-refractivity contribution in [1.82, 2.24) is 19.9 Å². The predicted octanol–water partition coefficient (Wildman–Crippen LogP) is 3.05. The Balaban J connectivity index is 1.39. The molecule has 0 amide bonds. The quantitative estimate of drug-likeness (QED) is 0.736. The van der Waals surface area contributed by atoms with Gasteiger partial charge in [-0.25, -0.2) is 4.98 Å². The summed E-state index contributed by atoms with van der Waals surface area (Å²) >= 11 is 0. The lowest BCUT2D eigenvalue weighted by atomic mass is 10.0. The number of aromatic amines is 2. The molecule has 0 unspecified atom stereocenters. The van der Waals surface area contributed by atoms with E-state index in [1.54, 1.807) is 0 Å². The molecule has 5 rings (SSSR count). The van der Waals surface area contributed by atoms with E-state index in [9.17, 15) is 4.79 Å². The number of anilines is 1. The molecule has 1 saturated heterocycles. The van der Waals surface area contributed by atoms with Gasteiger partial charge in [0.05, 0.1) is 5.69 Å². The van der Waals surface area contributed by atoms with Gasteiger partial charge in [-0.15, -0.1) is 0 Å².